The van der Waals surface area contributed by atoms with Gasteiger partial charge in [0, 0.05) is 30.7 Å². The van der Waals surface area contributed by atoms with E-state index in [1.165, 1.54) is 5.56 Å². The molecule has 156 valence electrons. The molecular weight excluding hydrogens is 386 g/mol. The summed E-state index contributed by atoms with van der Waals surface area (Å²) in [5.41, 5.74) is 2.35. The van der Waals surface area contributed by atoms with Gasteiger partial charge in [-0.2, -0.15) is 0 Å². The number of hydrogen-bond acceptors (Lipinski definition) is 4. The van der Waals surface area contributed by atoms with Crippen molar-refractivity contribution in [1.29, 1.82) is 0 Å². The van der Waals surface area contributed by atoms with Crippen LogP contribution in [0.15, 0.2) is 54.6 Å². The number of nitrogens with zero attached hydrogens (tertiary/aromatic N) is 2. The van der Waals surface area contributed by atoms with Gasteiger partial charge in [-0.25, -0.2) is 0 Å². The molecule has 0 bridgehead atoms. The number of morpholine rings is 1. The molecule has 0 spiro atoms. The van der Waals surface area contributed by atoms with Gasteiger partial charge in [0.2, 0.25) is 5.91 Å². The van der Waals surface area contributed by atoms with Crippen molar-refractivity contribution in [2.75, 3.05) is 39.9 Å². The average Bonchev–Trinajstić information content (AvgIpc) is 2.71. The number of carbonyl (C=O) groups excluding carboxylic acids is 1. The highest BCUT2D eigenvalue weighted by atomic mass is 35.5. The minimum absolute atomic E-state index is 0.00747. The average molecular weight is 416 g/mol. The van der Waals surface area contributed by atoms with Crippen molar-refractivity contribution >= 4 is 17.5 Å². The van der Waals surface area contributed by atoms with Crippen LogP contribution >= 0.6 is 11.6 Å². The zero-order chi connectivity index (χ0) is 20.6. The Morgan fingerprint density at radius 3 is 2.45 bits per heavy atom. The summed E-state index contributed by atoms with van der Waals surface area (Å²) in [6, 6.07) is 18.2. The van der Waals surface area contributed by atoms with Crippen molar-refractivity contribution in [2.45, 2.75) is 25.6 Å². The lowest BCUT2D eigenvalue weighted by atomic mass is 9.98. The highest BCUT2D eigenvalue weighted by molar-refractivity contribution is 6.30. The number of benzene rings is 2. The van der Waals surface area contributed by atoms with E-state index < -0.39 is 0 Å². The van der Waals surface area contributed by atoms with Crippen molar-refractivity contribution in [2.24, 2.45) is 0 Å². The number of hydrogen-bond donors (Lipinski definition) is 1. The van der Waals surface area contributed by atoms with E-state index in [0.29, 0.717) is 13.1 Å². The van der Waals surface area contributed by atoms with Crippen molar-refractivity contribution in [3.05, 3.63) is 70.7 Å². The van der Waals surface area contributed by atoms with E-state index in [-0.39, 0.29) is 18.0 Å². The lowest BCUT2D eigenvalue weighted by Crippen LogP contribution is -2.49. The lowest BCUT2D eigenvalue weighted by molar-refractivity contribution is -0.123. The Bertz CT molecular complexity index is 763. The molecule has 0 aliphatic carbocycles. The van der Waals surface area contributed by atoms with E-state index in [0.717, 1.165) is 36.9 Å². The Morgan fingerprint density at radius 2 is 1.79 bits per heavy atom. The van der Waals surface area contributed by atoms with Crippen LogP contribution in [0.2, 0.25) is 5.02 Å². The molecule has 0 radical (unpaired) electrons. The van der Waals surface area contributed by atoms with Gasteiger partial charge in [-0.15, -0.1) is 0 Å². The molecule has 5 nitrogen and oxygen atoms in total. The third-order valence-electron chi connectivity index (χ3n) is 5.22. The quantitative estimate of drug-likeness (QED) is 0.718. The van der Waals surface area contributed by atoms with Crippen LogP contribution in [0.1, 0.15) is 24.1 Å². The first-order valence-corrected chi connectivity index (χ1v) is 10.5. The van der Waals surface area contributed by atoms with E-state index >= 15 is 0 Å². The van der Waals surface area contributed by atoms with E-state index in [1.54, 1.807) is 0 Å². The standard InChI is InChI=1S/C23H30ClN3O2/c1-18(23(20-6-4-3-5-7-20)27-12-14-29-15-13-27)25-22(28)17-26(2)16-19-8-10-21(24)11-9-19/h3-11,18,23H,12-17H2,1-2H3,(H,25,28)/t18-,23+/m1/s1. The number of halogens is 1. The summed E-state index contributed by atoms with van der Waals surface area (Å²) >= 11 is 5.94. The van der Waals surface area contributed by atoms with Crippen LogP contribution in [0.25, 0.3) is 0 Å². The minimum atomic E-state index is -0.00747. The normalized spacial score (nSPS) is 17.1. The molecule has 29 heavy (non-hydrogen) atoms. The van der Waals surface area contributed by atoms with Gasteiger partial charge < -0.3 is 10.1 Å². The highest BCUT2D eigenvalue weighted by Crippen LogP contribution is 2.25. The summed E-state index contributed by atoms with van der Waals surface area (Å²) in [4.78, 5) is 17.1. The first-order chi connectivity index (χ1) is 14.0. The largest absolute Gasteiger partial charge is 0.379 e. The number of amides is 1. The fourth-order valence-corrected chi connectivity index (χ4v) is 4.03. The molecule has 2 aromatic carbocycles. The summed E-state index contributed by atoms with van der Waals surface area (Å²) in [6.45, 7) is 6.33. The summed E-state index contributed by atoms with van der Waals surface area (Å²) in [6.07, 6.45) is 0. The third-order valence-corrected chi connectivity index (χ3v) is 5.47. The van der Waals surface area contributed by atoms with Gasteiger partial charge in [0.25, 0.3) is 0 Å². The second-order valence-corrected chi connectivity index (χ2v) is 8.10. The first-order valence-electron chi connectivity index (χ1n) is 10.1. The molecule has 1 fully saturated rings. The molecule has 0 saturated carbocycles. The van der Waals surface area contributed by atoms with E-state index in [2.05, 4.69) is 41.4 Å². The summed E-state index contributed by atoms with van der Waals surface area (Å²) in [7, 11) is 1.95. The maximum absolute atomic E-state index is 12.7. The van der Waals surface area contributed by atoms with Gasteiger partial charge >= 0.3 is 0 Å². The maximum atomic E-state index is 12.7. The summed E-state index contributed by atoms with van der Waals surface area (Å²) < 4.78 is 5.52. The number of nitrogens with one attached hydrogen (secondary N) is 1. The van der Waals surface area contributed by atoms with Crippen LogP contribution in [0.4, 0.5) is 0 Å². The van der Waals surface area contributed by atoms with Crippen LogP contribution in [0.3, 0.4) is 0 Å². The van der Waals surface area contributed by atoms with Crippen molar-refractivity contribution < 1.29 is 9.53 Å². The minimum Gasteiger partial charge on any atom is -0.379 e. The van der Waals surface area contributed by atoms with Crippen LogP contribution < -0.4 is 5.32 Å². The Kier molecular flexibility index (Phi) is 8.07. The molecule has 2 aromatic rings. The Morgan fingerprint density at radius 1 is 1.14 bits per heavy atom. The summed E-state index contributed by atoms with van der Waals surface area (Å²) in [5, 5.41) is 3.94. The lowest BCUT2D eigenvalue weighted by Gasteiger charge is -2.38. The second-order valence-electron chi connectivity index (χ2n) is 7.66. The van der Waals surface area contributed by atoms with Crippen molar-refractivity contribution in [1.82, 2.24) is 15.1 Å². The third kappa shape index (κ3) is 6.54. The number of ether oxygens (including phenoxy) is 1. The number of rotatable bonds is 8. The molecule has 1 amide bonds. The van der Waals surface area contributed by atoms with Gasteiger partial charge in [0.05, 0.1) is 25.8 Å². The second kappa shape index (κ2) is 10.7. The van der Waals surface area contributed by atoms with Gasteiger partial charge in [0.1, 0.15) is 0 Å². The van der Waals surface area contributed by atoms with Crippen LogP contribution in [-0.2, 0) is 16.1 Å². The molecule has 1 aliphatic rings. The topological polar surface area (TPSA) is 44.8 Å². The van der Waals surface area contributed by atoms with Gasteiger partial charge in [0.15, 0.2) is 0 Å². The molecule has 2 atom stereocenters. The van der Waals surface area contributed by atoms with Gasteiger partial charge in [-0.3, -0.25) is 14.6 Å². The monoisotopic (exact) mass is 415 g/mol. The zero-order valence-electron chi connectivity index (χ0n) is 17.2. The molecule has 1 aliphatic heterocycles. The molecule has 0 unspecified atom stereocenters. The Balaban J connectivity index is 1.59. The van der Waals surface area contributed by atoms with Gasteiger partial charge in [-0.1, -0.05) is 54.1 Å². The zero-order valence-corrected chi connectivity index (χ0v) is 17.9. The highest BCUT2D eigenvalue weighted by Gasteiger charge is 2.28. The van der Waals surface area contributed by atoms with Crippen LogP contribution in [0.5, 0.6) is 0 Å². The Hall–Kier alpha value is -1.92. The fourth-order valence-electron chi connectivity index (χ4n) is 3.90. The van der Waals surface area contributed by atoms with Crippen molar-refractivity contribution in [3.63, 3.8) is 0 Å². The van der Waals surface area contributed by atoms with E-state index in [1.807, 2.05) is 42.3 Å². The molecule has 0 aromatic heterocycles. The molecular formula is C23H30ClN3O2. The predicted octanol–water partition coefficient (Wildman–Crippen LogP) is 3.35. The van der Waals surface area contributed by atoms with Crippen LogP contribution in [0, 0.1) is 0 Å². The molecule has 1 N–H and O–H groups in total. The number of likely N-dealkylation sites (N-methyl/N-ethyl adjacent to an activating group) is 1. The summed E-state index contributed by atoms with van der Waals surface area (Å²) in [5.74, 6) is 0.0307. The first kappa shape index (κ1) is 21.8. The molecule has 1 saturated heterocycles. The van der Waals surface area contributed by atoms with Gasteiger partial charge in [-0.05, 0) is 37.2 Å². The van der Waals surface area contributed by atoms with E-state index in [4.69, 9.17) is 16.3 Å². The van der Waals surface area contributed by atoms with Crippen molar-refractivity contribution in [3.8, 4) is 0 Å². The Labute approximate surface area is 178 Å². The maximum Gasteiger partial charge on any atom is 0.234 e. The smallest absolute Gasteiger partial charge is 0.234 e. The SMILES string of the molecule is C[C@@H](NC(=O)CN(C)Cc1ccc(Cl)cc1)[C@@H](c1ccccc1)N1CCOCC1. The molecule has 3 rings (SSSR count). The van der Waals surface area contributed by atoms with E-state index in [9.17, 15) is 4.79 Å². The fraction of sp³-hybridized carbons (Fsp3) is 0.435. The molecule has 1 heterocycles. The molecule has 6 heteroatoms. The van der Waals surface area contributed by atoms with Crippen LogP contribution in [-0.4, -0.2) is 61.6 Å². The number of carbonyl (C=O) groups is 1. The predicted molar refractivity (Wildman–Crippen MR) is 117 cm³/mol.